The summed E-state index contributed by atoms with van der Waals surface area (Å²) >= 11 is 6.54. The second kappa shape index (κ2) is 11.8. The number of halogens is 1. The van der Waals surface area contributed by atoms with E-state index in [1.165, 1.54) is 24.7 Å². The van der Waals surface area contributed by atoms with Crippen molar-refractivity contribution in [3.8, 4) is 16.9 Å². The first kappa shape index (κ1) is 27.8. The Morgan fingerprint density at radius 1 is 1.15 bits per heavy atom. The summed E-state index contributed by atoms with van der Waals surface area (Å²) in [4.78, 5) is 37.7. The van der Waals surface area contributed by atoms with Crippen molar-refractivity contribution in [3.05, 3.63) is 80.5 Å². The average molecular weight is 560 g/mol. The topological polar surface area (TPSA) is 109 Å². The molecule has 4 aromatic rings. The fraction of sp³-hybridized carbons (Fsp3) is 0.355. The Morgan fingerprint density at radius 3 is 2.62 bits per heavy atom. The molecule has 1 aliphatic heterocycles. The van der Waals surface area contributed by atoms with Gasteiger partial charge in [-0.05, 0) is 87.4 Å². The Bertz CT molecular complexity index is 1600. The third-order valence-electron chi connectivity index (χ3n) is 7.76. The van der Waals surface area contributed by atoms with Crippen LogP contribution in [0, 0.1) is 20.8 Å². The highest BCUT2D eigenvalue weighted by Gasteiger charge is 2.22. The van der Waals surface area contributed by atoms with E-state index in [0.717, 1.165) is 29.5 Å². The van der Waals surface area contributed by atoms with Gasteiger partial charge in [0.15, 0.2) is 0 Å². The molecule has 2 atom stereocenters. The highest BCUT2D eigenvalue weighted by molar-refractivity contribution is 6.35. The Labute approximate surface area is 238 Å². The summed E-state index contributed by atoms with van der Waals surface area (Å²) in [6.07, 6.45) is 7.15. The lowest BCUT2D eigenvalue weighted by Gasteiger charge is -2.28. The molecule has 208 valence electrons. The van der Waals surface area contributed by atoms with Crippen LogP contribution in [0.5, 0.6) is 5.75 Å². The van der Waals surface area contributed by atoms with Crippen LogP contribution in [-0.2, 0) is 0 Å². The summed E-state index contributed by atoms with van der Waals surface area (Å²) in [7, 11) is 0. The monoisotopic (exact) mass is 559 g/mol. The lowest BCUT2D eigenvalue weighted by Crippen LogP contribution is -2.41. The van der Waals surface area contributed by atoms with Crippen molar-refractivity contribution in [2.45, 2.75) is 65.5 Å². The molecule has 1 fully saturated rings. The molecule has 3 N–H and O–H groups in total. The van der Waals surface area contributed by atoms with Gasteiger partial charge in [0.2, 0.25) is 0 Å². The first-order chi connectivity index (χ1) is 19.2. The minimum Gasteiger partial charge on any atom is -0.492 e. The van der Waals surface area contributed by atoms with E-state index in [9.17, 15) is 9.59 Å². The van der Waals surface area contributed by atoms with E-state index in [1.807, 2.05) is 26.0 Å². The van der Waals surface area contributed by atoms with Crippen LogP contribution in [0.1, 0.15) is 59.7 Å². The van der Waals surface area contributed by atoms with Gasteiger partial charge in [0.25, 0.3) is 11.5 Å². The van der Waals surface area contributed by atoms with E-state index >= 15 is 0 Å². The quantitative estimate of drug-likeness (QED) is 0.252. The smallest absolute Gasteiger partial charge is 0.260 e. The van der Waals surface area contributed by atoms with E-state index in [4.69, 9.17) is 16.3 Å². The number of amides is 1. The van der Waals surface area contributed by atoms with Crippen LogP contribution in [-0.4, -0.2) is 39.5 Å². The molecule has 0 radical (unpaired) electrons. The molecule has 5 rings (SSSR count). The maximum Gasteiger partial charge on any atom is 0.260 e. The third kappa shape index (κ3) is 5.88. The molecule has 0 bridgehead atoms. The molecule has 0 spiro atoms. The van der Waals surface area contributed by atoms with Crippen molar-refractivity contribution in [1.82, 2.24) is 20.3 Å². The van der Waals surface area contributed by atoms with Gasteiger partial charge in [-0.25, -0.2) is 9.97 Å². The minimum atomic E-state index is -0.424. The highest BCUT2D eigenvalue weighted by atomic mass is 35.5. The van der Waals surface area contributed by atoms with Crippen LogP contribution >= 0.6 is 11.6 Å². The fourth-order valence-electron chi connectivity index (χ4n) is 5.37. The van der Waals surface area contributed by atoms with Crippen molar-refractivity contribution in [1.29, 1.82) is 0 Å². The number of rotatable bonds is 7. The molecule has 9 heteroatoms. The van der Waals surface area contributed by atoms with Gasteiger partial charge in [-0.15, -0.1) is 0 Å². The number of H-pyrrole nitrogens is 1. The molecule has 0 aliphatic carbocycles. The van der Waals surface area contributed by atoms with Crippen molar-refractivity contribution >= 4 is 34.2 Å². The molecule has 2 aromatic carbocycles. The Kier molecular flexibility index (Phi) is 8.19. The number of aromatic nitrogens is 3. The lowest BCUT2D eigenvalue weighted by molar-refractivity contribution is 0.102. The predicted octanol–water partition coefficient (Wildman–Crippen LogP) is 6.12. The molecule has 0 unspecified atom stereocenters. The molecule has 1 amide bonds. The van der Waals surface area contributed by atoms with Crippen LogP contribution in [0.3, 0.4) is 0 Å². The van der Waals surface area contributed by atoms with Crippen LogP contribution in [0.15, 0.2) is 47.7 Å². The molecule has 1 aliphatic rings. The number of fused-ring (bicyclic) bond motifs is 1. The molecule has 40 heavy (non-hydrogen) atoms. The fourth-order valence-corrected chi connectivity index (χ4v) is 5.62. The van der Waals surface area contributed by atoms with E-state index in [1.54, 1.807) is 24.4 Å². The van der Waals surface area contributed by atoms with Crippen molar-refractivity contribution in [2.75, 3.05) is 11.9 Å². The Balaban J connectivity index is 1.60. The molecule has 1 saturated heterocycles. The van der Waals surface area contributed by atoms with Crippen LogP contribution in [0.25, 0.3) is 22.0 Å². The number of nitrogens with zero attached hydrogens (tertiary/aromatic N) is 2. The minimum absolute atomic E-state index is 0.204. The second-order valence-corrected chi connectivity index (χ2v) is 11.1. The Morgan fingerprint density at radius 2 is 1.93 bits per heavy atom. The number of ether oxygens (including phenoxy) is 1. The number of carbonyl (C=O) groups excluding carboxylic acids is 1. The zero-order chi connectivity index (χ0) is 28.4. The number of carbonyl (C=O) groups is 1. The van der Waals surface area contributed by atoms with Crippen LogP contribution in [0.2, 0.25) is 5.02 Å². The van der Waals surface area contributed by atoms with E-state index < -0.39 is 5.91 Å². The van der Waals surface area contributed by atoms with E-state index in [-0.39, 0.29) is 16.1 Å². The maximum atomic E-state index is 13.6. The number of piperidine rings is 1. The van der Waals surface area contributed by atoms with Crippen molar-refractivity contribution in [3.63, 3.8) is 0 Å². The molecular weight excluding hydrogens is 526 g/mol. The predicted molar refractivity (Wildman–Crippen MR) is 160 cm³/mol. The summed E-state index contributed by atoms with van der Waals surface area (Å²) in [5, 5.41) is 7.21. The highest BCUT2D eigenvalue weighted by Crippen LogP contribution is 2.37. The standard InChI is InChI=1S/C31H34ClN5O3/c1-17-12-21(13-18(2)20(17)4)28-29(40-11-9-22-7-5-6-19(3)35-22)24-14-23(25(32)15-26(24)36-31(28)39)30(38)37-27-8-10-33-16-34-27/h8,10,12-16,19,22,35H,5-7,9,11H2,1-4H3,(H,36,39)(H,33,34,37,38)/t19-,22-/m0/s1. The van der Waals surface area contributed by atoms with Gasteiger partial charge in [0.1, 0.15) is 17.9 Å². The maximum absolute atomic E-state index is 13.6. The first-order valence-electron chi connectivity index (χ1n) is 13.6. The van der Waals surface area contributed by atoms with Crippen molar-refractivity contribution in [2.24, 2.45) is 0 Å². The number of hydrogen-bond acceptors (Lipinski definition) is 6. The average Bonchev–Trinajstić information content (AvgIpc) is 2.91. The summed E-state index contributed by atoms with van der Waals surface area (Å²) in [5.74, 6) is 0.374. The Hall–Kier alpha value is -3.75. The third-order valence-corrected chi connectivity index (χ3v) is 8.07. The van der Waals surface area contributed by atoms with Gasteiger partial charge in [-0.2, -0.15) is 0 Å². The molecule has 8 nitrogen and oxygen atoms in total. The second-order valence-electron chi connectivity index (χ2n) is 10.7. The number of anilines is 1. The zero-order valence-electron chi connectivity index (χ0n) is 23.2. The molecule has 0 saturated carbocycles. The van der Waals surface area contributed by atoms with Crippen LogP contribution < -0.4 is 20.9 Å². The molecule has 3 heterocycles. The molecule has 2 aromatic heterocycles. The normalized spacial score (nSPS) is 17.1. The summed E-state index contributed by atoms with van der Waals surface area (Å²) in [6, 6.07) is 9.72. The van der Waals surface area contributed by atoms with Crippen LogP contribution in [0.4, 0.5) is 5.82 Å². The first-order valence-corrected chi connectivity index (χ1v) is 14.0. The summed E-state index contributed by atoms with van der Waals surface area (Å²) in [5.41, 5.74) is 5.02. The van der Waals surface area contributed by atoms with E-state index in [0.29, 0.717) is 46.7 Å². The number of aryl methyl sites for hydroxylation is 2. The van der Waals surface area contributed by atoms with Crippen molar-refractivity contribution < 1.29 is 9.53 Å². The molecular formula is C31H34ClN5O3. The number of hydrogen-bond donors (Lipinski definition) is 3. The zero-order valence-corrected chi connectivity index (χ0v) is 24.0. The van der Waals surface area contributed by atoms with Gasteiger partial charge < -0.3 is 20.4 Å². The van der Waals surface area contributed by atoms with Gasteiger partial charge in [0, 0.05) is 23.7 Å². The largest absolute Gasteiger partial charge is 0.492 e. The number of benzene rings is 2. The number of nitrogens with one attached hydrogen (secondary N) is 3. The van der Waals surface area contributed by atoms with Gasteiger partial charge >= 0.3 is 0 Å². The summed E-state index contributed by atoms with van der Waals surface area (Å²) < 4.78 is 6.47. The number of pyridine rings is 1. The van der Waals surface area contributed by atoms with E-state index in [2.05, 4.69) is 39.4 Å². The summed E-state index contributed by atoms with van der Waals surface area (Å²) in [6.45, 7) is 8.76. The van der Waals surface area contributed by atoms with Gasteiger partial charge in [-0.1, -0.05) is 30.2 Å². The lowest BCUT2D eigenvalue weighted by atomic mass is 9.95. The number of aromatic amines is 1. The SMILES string of the molecule is Cc1cc(-c2c(OCC[C@@H]3CCC[C@H](C)N3)c3cc(C(=O)Nc4ccncn4)c(Cl)cc3[nH]c2=O)cc(C)c1C. The van der Waals surface area contributed by atoms with Gasteiger partial charge in [0.05, 0.1) is 28.3 Å². The van der Waals surface area contributed by atoms with Gasteiger partial charge in [-0.3, -0.25) is 9.59 Å².